The van der Waals surface area contributed by atoms with Crippen molar-refractivity contribution in [2.24, 2.45) is 0 Å². The maximum atomic E-state index is 3.49. The fourth-order valence-corrected chi connectivity index (χ4v) is 2.55. The summed E-state index contributed by atoms with van der Waals surface area (Å²) in [6, 6.07) is 2.89. The first-order chi connectivity index (χ1) is 7.24. The van der Waals surface area contributed by atoms with E-state index in [9.17, 15) is 0 Å². The maximum Gasteiger partial charge on any atom is 0.00434 e. The monoisotopic (exact) mass is 289 g/mol. The first-order valence-corrected chi connectivity index (χ1v) is 7.61. The molecule has 0 spiro atoms. The zero-order valence-electron chi connectivity index (χ0n) is 9.58. The Morgan fingerprint density at radius 3 is 2.73 bits per heavy atom. The predicted molar refractivity (Wildman–Crippen MR) is 73.1 cm³/mol. The third kappa shape index (κ3) is 5.14. The van der Waals surface area contributed by atoms with Gasteiger partial charge in [0.1, 0.15) is 0 Å². The third-order valence-corrected chi connectivity index (χ3v) is 3.87. The van der Waals surface area contributed by atoms with E-state index in [0.717, 1.165) is 5.33 Å². The summed E-state index contributed by atoms with van der Waals surface area (Å²) >= 11 is 5.28. The molecule has 0 N–H and O–H groups in total. The van der Waals surface area contributed by atoms with Gasteiger partial charge in [0.05, 0.1) is 0 Å². The number of hydrogen-bond donors (Lipinski definition) is 0. The van der Waals surface area contributed by atoms with Crippen LogP contribution in [-0.2, 0) is 6.42 Å². The van der Waals surface area contributed by atoms with Crippen LogP contribution in [0.5, 0.6) is 0 Å². The van der Waals surface area contributed by atoms with E-state index in [1.165, 1.54) is 31.5 Å². The molecule has 0 aliphatic heterocycles. The molecular formula is C12H20BrNS. The fourth-order valence-electron chi connectivity index (χ4n) is 1.60. The largest absolute Gasteiger partial charge is 0.301 e. The minimum Gasteiger partial charge on any atom is -0.301 e. The fraction of sp³-hybridized carbons (Fsp3) is 0.667. The number of alkyl halides is 1. The van der Waals surface area contributed by atoms with E-state index in [4.69, 9.17) is 0 Å². The molecule has 0 bridgehead atoms. The van der Waals surface area contributed by atoms with Gasteiger partial charge in [-0.25, -0.2) is 0 Å². The second kappa shape index (κ2) is 7.42. The minimum absolute atomic E-state index is 0.655. The van der Waals surface area contributed by atoms with Crippen molar-refractivity contribution in [2.45, 2.75) is 32.7 Å². The molecule has 86 valence electrons. The molecule has 1 aromatic heterocycles. The van der Waals surface area contributed by atoms with Crippen LogP contribution in [-0.4, -0.2) is 29.4 Å². The lowest BCUT2D eigenvalue weighted by Crippen LogP contribution is -2.33. The summed E-state index contributed by atoms with van der Waals surface area (Å²) in [4.78, 5) is 2.55. The van der Waals surface area contributed by atoms with E-state index in [2.05, 4.69) is 51.5 Å². The first kappa shape index (κ1) is 13.2. The maximum absolute atomic E-state index is 3.49. The topological polar surface area (TPSA) is 3.24 Å². The molecule has 1 nitrogen and oxygen atoms in total. The Bertz CT molecular complexity index is 246. The second-order valence-corrected chi connectivity index (χ2v) is 5.63. The number of hydrogen-bond acceptors (Lipinski definition) is 2. The Kier molecular flexibility index (Phi) is 6.53. The summed E-state index contributed by atoms with van der Waals surface area (Å²) in [6.45, 7) is 6.94. The van der Waals surface area contributed by atoms with Crippen molar-refractivity contribution >= 4 is 27.3 Å². The van der Waals surface area contributed by atoms with Crippen LogP contribution in [0.15, 0.2) is 16.8 Å². The van der Waals surface area contributed by atoms with Gasteiger partial charge >= 0.3 is 0 Å². The van der Waals surface area contributed by atoms with Crippen molar-refractivity contribution in [1.29, 1.82) is 0 Å². The summed E-state index contributed by atoms with van der Waals surface area (Å²) < 4.78 is 0. The molecule has 1 rings (SSSR count). The highest BCUT2D eigenvalue weighted by molar-refractivity contribution is 9.09. The zero-order chi connectivity index (χ0) is 11.1. The predicted octanol–water partition coefficient (Wildman–Crippen LogP) is 3.79. The van der Waals surface area contributed by atoms with Crippen molar-refractivity contribution in [3.63, 3.8) is 0 Å². The van der Waals surface area contributed by atoms with Gasteiger partial charge in [-0.05, 0) is 55.6 Å². The van der Waals surface area contributed by atoms with Crippen LogP contribution in [0, 0.1) is 0 Å². The Morgan fingerprint density at radius 2 is 2.20 bits per heavy atom. The van der Waals surface area contributed by atoms with Crippen LogP contribution >= 0.6 is 27.3 Å². The van der Waals surface area contributed by atoms with Gasteiger partial charge in [0.25, 0.3) is 0 Å². The quantitative estimate of drug-likeness (QED) is 0.691. The SMILES string of the molecule is CC(C)N(CCCBr)CCc1ccsc1. The van der Waals surface area contributed by atoms with Crippen molar-refractivity contribution in [2.75, 3.05) is 18.4 Å². The Labute approximate surface area is 106 Å². The highest BCUT2D eigenvalue weighted by Gasteiger charge is 2.08. The van der Waals surface area contributed by atoms with Crippen LogP contribution in [0.1, 0.15) is 25.8 Å². The van der Waals surface area contributed by atoms with Gasteiger partial charge in [-0.3, -0.25) is 0 Å². The molecule has 0 aromatic carbocycles. The summed E-state index contributed by atoms with van der Waals surface area (Å²) in [5.41, 5.74) is 1.48. The molecule has 0 fully saturated rings. The highest BCUT2D eigenvalue weighted by Crippen LogP contribution is 2.09. The number of thiophene rings is 1. The third-order valence-electron chi connectivity index (χ3n) is 2.58. The zero-order valence-corrected chi connectivity index (χ0v) is 12.0. The van der Waals surface area contributed by atoms with Crippen LogP contribution < -0.4 is 0 Å². The Hall–Kier alpha value is 0.140. The Balaban J connectivity index is 2.31. The van der Waals surface area contributed by atoms with Crippen molar-refractivity contribution in [1.82, 2.24) is 4.90 Å². The van der Waals surface area contributed by atoms with E-state index in [1.807, 2.05) is 0 Å². The molecule has 0 aliphatic carbocycles. The molecule has 1 aromatic rings. The molecular weight excluding hydrogens is 270 g/mol. The molecule has 0 radical (unpaired) electrons. The summed E-state index contributed by atoms with van der Waals surface area (Å²) in [6.07, 6.45) is 2.42. The smallest absolute Gasteiger partial charge is 0.00434 e. The average molecular weight is 290 g/mol. The lowest BCUT2D eigenvalue weighted by molar-refractivity contribution is 0.226. The van der Waals surface area contributed by atoms with Gasteiger partial charge < -0.3 is 4.90 Å². The van der Waals surface area contributed by atoms with Gasteiger partial charge in [0.2, 0.25) is 0 Å². The first-order valence-electron chi connectivity index (χ1n) is 5.55. The molecule has 0 atom stereocenters. The van der Waals surface area contributed by atoms with E-state index in [0.29, 0.717) is 6.04 Å². The van der Waals surface area contributed by atoms with Crippen LogP contribution in [0.25, 0.3) is 0 Å². The van der Waals surface area contributed by atoms with E-state index in [-0.39, 0.29) is 0 Å². The van der Waals surface area contributed by atoms with Gasteiger partial charge in [-0.1, -0.05) is 15.9 Å². The van der Waals surface area contributed by atoms with Gasteiger partial charge in [0, 0.05) is 17.9 Å². The van der Waals surface area contributed by atoms with Crippen LogP contribution in [0.4, 0.5) is 0 Å². The minimum atomic E-state index is 0.655. The van der Waals surface area contributed by atoms with Gasteiger partial charge in [0.15, 0.2) is 0 Å². The van der Waals surface area contributed by atoms with E-state index < -0.39 is 0 Å². The molecule has 1 heterocycles. The Morgan fingerprint density at radius 1 is 1.40 bits per heavy atom. The van der Waals surface area contributed by atoms with E-state index >= 15 is 0 Å². The molecule has 0 saturated carbocycles. The van der Waals surface area contributed by atoms with Crippen LogP contribution in [0.2, 0.25) is 0 Å². The number of halogens is 1. The van der Waals surface area contributed by atoms with Crippen molar-refractivity contribution < 1.29 is 0 Å². The van der Waals surface area contributed by atoms with Gasteiger partial charge in [-0.15, -0.1) is 0 Å². The average Bonchev–Trinajstić information content (AvgIpc) is 2.70. The summed E-state index contributed by atoms with van der Waals surface area (Å²) in [5, 5.41) is 5.52. The van der Waals surface area contributed by atoms with E-state index in [1.54, 1.807) is 11.3 Å². The van der Waals surface area contributed by atoms with Gasteiger partial charge in [-0.2, -0.15) is 11.3 Å². The summed E-state index contributed by atoms with van der Waals surface area (Å²) in [7, 11) is 0. The number of nitrogens with zero attached hydrogens (tertiary/aromatic N) is 1. The molecule has 15 heavy (non-hydrogen) atoms. The normalized spacial score (nSPS) is 11.5. The second-order valence-electron chi connectivity index (χ2n) is 4.05. The lowest BCUT2D eigenvalue weighted by Gasteiger charge is -2.25. The standard InChI is InChI=1S/C12H20BrNS/c1-11(2)14(7-3-6-13)8-4-12-5-9-15-10-12/h5,9-11H,3-4,6-8H2,1-2H3. The molecule has 3 heteroatoms. The molecule has 0 saturated heterocycles. The molecule has 0 amide bonds. The van der Waals surface area contributed by atoms with Crippen molar-refractivity contribution in [3.8, 4) is 0 Å². The molecule has 0 unspecified atom stereocenters. The summed E-state index contributed by atoms with van der Waals surface area (Å²) in [5.74, 6) is 0. The van der Waals surface area contributed by atoms with Crippen molar-refractivity contribution in [3.05, 3.63) is 22.4 Å². The highest BCUT2D eigenvalue weighted by atomic mass is 79.9. The molecule has 0 aliphatic rings. The lowest BCUT2D eigenvalue weighted by atomic mass is 10.2. The van der Waals surface area contributed by atoms with Crippen LogP contribution in [0.3, 0.4) is 0 Å². The number of rotatable bonds is 7.